The Morgan fingerprint density at radius 3 is 2.50 bits per heavy atom. The van der Waals surface area contributed by atoms with Gasteiger partial charge in [-0.1, -0.05) is 0 Å². The van der Waals surface area contributed by atoms with E-state index < -0.39 is 4.92 Å². The van der Waals surface area contributed by atoms with E-state index in [9.17, 15) is 14.9 Å². The minimum absolute atomic E-state index is 0.0358. The number of rotatable bonds is 7. The van der Waals surface area contributed by atoms with E-state index in [0.717, 1.165) is 17.8 Å². The van der Waals surface area contributed by atoms with Crippen molar-refractivity contribution in [3.8, 4) is 0 Å². The predicted octanol–water partition coefficient (Wildman–Crippen LogP) is 1.89. The zero-order valence-corrected chi connectivity index (χ0v) is 14.3. The molecule has 0 aliphatic carbocycles. The van der Waals surface area contributed by atoms with Crippen LogP contribution in [0.3, 0.4) is 0 Å². The first-order valence-electron chi connectivity index (χ1n) is 7.83. The summed E-state index contributed by atoms with van der Waals surface area (Å²) in [6.45, 7) is 8.47. The van der Waals surface area contributed by atoms with Crippen molar-refractivity contribution < 1.29 is 9.72 Å². The minimum atomic E-state index is -0.477. The molecule has 0 spiro atoms. The van der Waals surface area contributed by atoms with Crippen LogP contribution in [0, 0.1) is 24.0 Å². The molecule has 0 aliphatic heterocycles. The van der Waals surface area contributed by atoms with Crippen molar-refractivity contribution >= 4 is 11.6 Å². The number of hydrogen-bond acceptors (Lipinski definition) is 5. The summed E-state index contributed by atoms with van der Waals surface area (Å²) in [5.41, 5.74) is 2.18. The first-order chi connectivity index (χ1) is 11.3. The Kier molecular flexibility index (Phi) is 5.32. The summed E-state index contributed by atoms with van der Waals surface area (Å²) in [5, 5.41) is 22.1. The lowest BCUT2D eigenvalue weighted by atomic mass is 10.1. The van der Waals surface area contributed by atoms with Crippen LogP contribution in [0.15, 0.2) is 12.4 Å². The van der Waals surface area contributed by atoms with Crippen LogP contribution in [-0.4, -0.2) is 30.4 Å². The molecular formula is C15H22N6O3. The van der Waals surface area contributed by atoms with Crippen molar-refractivity contribution in [3.05, 3.63) is 39.5 Å². The lowest BCUT2D eigenvalue weighted by molar-refractivity contribution is -0.385. The van der Waals surface area contributed by atoms with Crippen LogP contribution in [0.4, 0.5) is 5.69 Å². The summed E-state index contributed by atoms with van der Waals surface area (Å²) in [7, 11) is 0. The van der Waals surface area contributed by atoms with E-state index in [0.29, 0.717) is 12.2 Å². The Morgan fingerprint density at radius 1 is 1.29 bits per heavy atom. The highest BCUT2D eigenvalue weighted by Crippen LogP contribution is 2.17. The number of nitro groups is 1. The summed E-state index contributed by atoms with van der Waals surface area (Å²) in [6.07, 6.45) is 3.48. The summed E-state index contributed by atoms with van der Waals surface area (Å²) >= 11 is 0. The Balaban J connectivity index is 1.92. The highest BCUT2D eigenvalue weighted by Gasteiger charge is 2.17. The average molecular weight is 334 g/mol. The minimum Gasteiger partial charge on any atom is -0.349 e. The smallest absolute Gasteiger partial charge is 0.309 e. The fraction of sp³-hybridized carbons (Fsp3) is 0.533. The second kappa shape index (κ2) is 7.24. The maximum absolute atomic E-state index is 12.1. The highest BCUT2D eigenvalue weighted by atomic mass is 16.6. The molecule has 2 aromatic heterocycles. The lowest BCUT2D eigenvalue weighted by Gasteiger charge is -2.13. The van der Waals surface area contributed by atoms with Gasteiger partial charge in [-0.2, -0.15) is 10.2 Å². The van der Waals surface area contributed by atoms with E-state index in [1.165, 1.54) is 10.9 Å². The van der Waals surface area contributed by atoms with Crippen LogP contribution < -0.4 is 5.32 Å². The molecule has 0 saturated heterocycles. The van der Waals surface area contributed by atoms with Gasteiger partial charge in [-0.05, 0) is 27.7 Å². The number of amides is 1. The molecule has 0 aliphatic rings. The van der Waals surface area contributed by atoms with Gasteiger partial charge in [0.1, 0.15) is 11.9 Å². The largest absolute Gasteiger partial charge is 0.349 e. The van der Waals surface area contributed by atoms with E-state index in [-0.39, 0.29) is 24.1 Å². The molecule has 1 amide bonds. The SMILES string of the molecule is CCn1cc(C(C)NC(=O)CCn2cc([N+](=O)[O-])c(C)n2)c(C)n1. The number of carbonyl (C=O) groups is 1. The summed E-state index contributed by atoms with van der Waals surface area (Å²) in [5.74, 6) is -0.137. The standard InChI is InChI=1S/C15H22N6O3/c1-5-19-8-13(11(3)17-19)10(2)16-15(22)6-7-20-9-14(21(23)24)12(4)18-20/h8-10H,5-7H2,1-4H3,(H,16,22). The monoisotopic (exact) mass is 334 g/mol. The maximum Gasteiger partial charge on any atom is 0.309 e. The normalized spacial score (nSPS) is 12.2. The fourth-order valence-corrected chi connectivity index (χ4v) is 2.53. The maximum atomic E-state index is 12.1. The van der Waals surface area contributed by atoms with E-state index in [1.807, 2.05) is 31.6 Å². The zero-order chi connectivity index (χ0) is 17.9. The van der Waals surface area contributed by atoms with Crippen molar-refractivity contribution in [1.82, 2.24) is 24.9 Å². The predicted molar refractivity (Wildman–Crippen MR) is 87.4 cm³/mol. The molecule has 24 heavy (non-hydrogen) atoms. The molecule has 1 unspecified atom stereocenters. The number of aryl methyl sites for hydroxylation is 4. The van der Waals surface area contributed by atoms with Crippen LogP contribution >= 0.6 is 0 Å². The van der Waals surface area contributed by atoms with Gasteiger partial charge in [-0.3, -0.25) is 24.3 Å². The van der Waals surface area contributed by atoms with E-state index >= 15 is 0 Å². The second-order valence-electron chi connectivity index (χ2n) is 5.68. The van der Waals surface area contributed by atoms with Gasteiger partial charge in [0.05, 0.1) is 16.7 Å². The van der Waals surface area contributed by atoms with Crippen LogP contribution in [0.5, 0.6) is 0 Å². The third kappa shape index (κ3) is 3.98. The van der Waals surface area contributed by atoms with E-state index in [1.54, 1.807) is 6.92 Å². The Bertz CT molecular complexity index is 748. The first kappa shape index (κ1) is 17.6. The van der Waals surface area contributed by atoms with Gasteiger partial charge >= 0.3 is 5.69 Å². The second-order valence-corrected chi connectivity index (χ2v) is 5.68. The van der Waals surface area contributed by atoms with E-state index in [2.05, 4.69) is 15.5 Å². The van der Waals surface area contributed by atoms with Crippen LogP contribution in [0.2, 0.25) is 0 Å². The number of hydrogen-bond donors (Lipinski definition) is 1. The number of carbonyl (C=O) groups excluding carboxylic acids is 1. The molecule has 1 N–H and O–H groups in total. The van der Waals surface area contributed by atoms with Gasteiger partial charge in [0, 0.05) is 31.3 Å². The van der Waals surface area contributed by atoms with Crippen LogP contribution in [-0.2, 0) is 17.9 Å². The molecule has 0 bridgehead atoms. The van der Waals surface area contributed by atoms with Gasteiger partial charge in [0.15, 0.2) is 0 Å². The van der Waals surface area contributed by atoms with Crippen LogP contribution in [0.1, 0.15) is 43.3 Å². The zero-order valence-electron chi connectivity index (χ0n) is 14.3. The molecule has 0 fully saturated rings. The Hall–Kier alpha value is -2.71. The lowest BCUT2D eigenvalue weighted by Crippen LogP contribution is -2.27. The molecule has 2 aromatic rings. The molecule has 2 rings (SSSR count). The summed E-state index contributed by atoms with van der Waals surface area (Å²) in [4.78, 5) is 22.4. The van der Waals surface area contributed by atoms with Gasteiger partial charge in [0.25, 0.3) is 0 Å². The van der Waals surface area contributed by atoms with Crippen molar-refractivity contribution in [2.75, 3.05) is 0 Å². The quantitative estimate of drug-likeness (QED) is 0.614. The Morgan fingerprint density at radius 2 is 1.96 bits per heavy atom. The van der Waals surface area contributed by atoms with Gasteiger partial charge in [-0.25, -0.2) is 0 Å². The van der Waals surface area contributed by atoms with Crippen molar-refractivity contribution in [1.29, 1.82) is 0 Å². The topological polar surface area (TPSA) is 108 Å². The van der Waals surface area contributed by atoms with Crippen LogP contribution in [0.25, 0.3) is 0 Å². The fourth-order valence-electron chi connectivity index (χ4n) is 2.53. The number of aromatic nitrogens is 4. The third-order valence-electron chi connectivity index (χ3n) is 3.84. The van der Waals surface area contributed by atoms with Crippen molar-refractivity contribution in [2.45, 2.75) is 53.2 Å². The molecule has 0 aromatic carbocycles. The third-order valence-corrected chi connectivity index (χ3v) is 3.84. The molecule has 1 atom stereocenters. The van der Waals surface area contributed by atoms with Crippen molar-refractivity contribution in [3.63, 3.8) is 0 Å². The number of nitrogens with one attached hydrogen (secondary N) is 1. The first-order valence-corrected chi connectivity index (χ1v) is 7.83. The van der Waals surface area contributed by atoms with E-state index in [4.69, 9.17) is 0 Å². The molecular weight excluding hydrogens is 312 g/mol. The molecule has 130 valence electrons. The molecule has 9 heteroatoms. The van der Waals surface area contributed by atoms with Gasteiger partial charge in [0.2, 0.25) is 5.91 Å². The summed E-state index contributed by atoms with van der Waals surface area (Å²) in [6, 6.07) is -0.147. The summed E-state index contributed by atoms with van der Waals surface area (Å²) < 4.78 is 3.26. The van der Waals surface area contributed by atoms with Gasteiger partial charge < -0.3 is 5.32 Å². The molecule has 9 nitrogen and oxygen atoms in total. The number of nitrogens with zero attached hydrogens (tertiary/aromatic N) is 5. The molecule has 0 saturated carbocycles. The average Bonchev–Trinajstić information content (AvgIpc) is 3.08. The molecule has 2 heterocycles. The molecule has 0 radical (unpaired) electrons. The Labute approximate surface area is 139 Å². The van der Waals surface area contributed by atoms with Crippen molar-refractivity contribution in [2.24, 2.45) is 0 Å². The van der Waals surface area contributed by atoms with Gasteiger partial charge in [-0.15, -0.1) is 0 Å². The highest BCUT2D eigenvalue weighted by molar-refractivity contribution is 5.76.